The number of benzene rings is 1. The molecule has 1 aromatic heterocycles. The van der Waals surface area contributed by atoms with Crippen molar-refractivity contribution in [3.8, 4) is 5.75 Å². The van der Waals surface area contributed by atoms with Crippen LogP contribution in [-0.4, -0.2) is 24.0 Å². The minimum absolute atomic E-state index is 0.112. The monoisotopic (exact) mass is 389 g/mol. The van der Waals surface area contributed by atoms with E-state index in [9.17, 15) is 9.59 Å². The van der Waals surface area contributed by atoms with Gasteiger partial charge in [-0.1, -0.05) is 12.1 Å². The Morgan fingerprint density at radius 2 is 2.08 bits per heavy atom. The third-order valence-corrected chi connectivity index (χ3v) is 5.69. The van der Waals surface area contributed by atoms with E-state index in [4.69, 9.17) is 22.7 Å². The van der Waals surface area contributed by atoms with Gasteiger partial charge in [-0.25, -0.2) is 0 Å². The maximum Gasteiger partial charge on any atom is 0.261 e. The summed E-state index contributed by atoms with van der Waals surface area (Å²) in [5, 5.41) is 6.28. The van der Waals surface area contributed by atoms with Crippen LogP contribution in [0.3, 0.4) is 0 Å². The van der Waals surface area contributed by atoms with Crippen LogP contribution in [0.1, 0.15) is 43.1 Å². The predicted molar refractivity (Wildman–Crippen MR) is 106 cm³/mol. The van der Waals surface area contributed by atoms with E-state index in [0.717, 1.165) is 35.3 Å². The highest BCUT2D eigenvalue weighted by molar-refractivity contribution is 7.80. The molecule has 1 aliphatic rings. The average molecular weight is 390 g/mol. The first-order valence-electron chi connectivity index (χ1n) is 8.12. The van der Waals surface area contributed by atoms with E-state index in [1.54, 1.807) is 12.1 Å². The second-order valence-corrected chi connectivity index (χ2v) is 7.50. The number of ether oxygens (including phenoxy) is 1. The summed E-state index contributed by atoms with van der Waals surface area (Å²) in [5.41, 5.74) is 8.25. The van der Waals surface area contributed by atoms with Crippen molar-refractivity contribution in [3.05, 3.63) is 45.3 Å². The number of para-hydroxylation sites is 1. The largest absolute Gasteiger partial charge is 0.496 e. The lowest BCUT2D eigenvalue weighted by molar-refractivity contribution is 0.0972. The van der Waals surface area contributed by atoms with Crippen LogP contribution < -0.4 is 21.1 Å². The molecule has 8 heteroatoms. The molecule has 0 fully saturated rings. The molecule has 3 rings (SSSR count). The zero-order valence-corrected chi connectivity index (χ0v) is 16.1. The number of hydrogen-bond acceptors (Lipinski definition) is 5. The fourth-order valence-electron chi connectivity index (χ4n) is 3.16. The topological polar surface area (TPSA) is 93.4 Å². The Labute approximate surface area is 160 Å². The highest BCUT2D eigenvalue weighted by Gasteiger charge is 2.26. The van der Waals surface area contributed by atoms with Gasteiger partial charge in [0.25, 0.3) is 11.8 Å². The zero-order chi connectivity index (χ0) is 18.8. The van der Waals surface area contributed by atoms with Gasteiger partial charge in [0.2, 0.25) is 0 Å². The van der Waals surface area contributed by atoms with Crippen LogP contribution in [0.15, 0.2) is 18.2 Å². The van der Waals surface area contributed by atoms with Crippen LogP contribution >= 0.6 is 23.6 Å². The number of anilines is 1. The van der Waals surface area contributed by atoms with Crippen LogP contribution in [0.25, 0.3) is 0 Å². The van der Waals surface area contributed by atoms with Crippen LogP contribution in [-0.2, 0) is 12.8 Å². The summed E-state index contributed by atoms with van der Waals surface area (Å²) in [4.78, 5) is 25.5. The highest BCUT2D eigenvalue weighted by atomic mass is 32.1. The number of nitrogens with one attached hydrogen (secondary N) is 2. The second-order valence-electron chi connectivity index (χ2n) is 5.99. The third-order valence-electron chi connectivity index (χ3n) is 4.28. The highest BCUT2D eigenvalue weighted by Crippen LogP contribution is 2.38. The summed E-state index contributed by atoms with van der Waals surface area (Å²) in [7, 11) is 1.52. The first-order valence-corrected chi connectivity index (χ1v) is 9.35. The quantitative estimate of drug-likeness (QED) is 0.699. The van der Waals surface area contributed by atoms with Gasteiger partial charge in [0.1, 0.15) is 10.8 Å². The van der Waals surface area contributed by atoms with Gasteiger partial charge in [0.05, 0.1) is 18.2 Å². The van der Waals surface area contributed by atoms with E-state index >= 15 is 0 Å². The summed E-state index contributed by atoms with van der Waals surface area (Å²) in [6, 6.07) is 5.30. The van der Waals surface area contributed by atoms with Crippen molar-refractivity contribution in [1.82, 2.24) is 5.32 Å². The van der Waals surface area contributed by atoms with Gasteiger partial charge in [-0.2, -0.15) is 0 Å². The standard InChI is InChI=1S/C18H19N3O3S2/c1-9-5-3-7-11(14(9)24-2)16(23)20-18(25)21-17-13(15(19)22)10-6-4-8-12(10)26-17/h3,5,7H,4,6,8H2,1-2H3,(H2,19,22)(H2,20,21,23,25). The molecule has 0 radical (unpaired) electrons. The number of carbonyl (C=O) groups excluding carboxylic acids is 2. The van der Waals surface area contributed by atoms with Crippen molar-refractivity contribution in [1.29, 1.82) is 0 Å². The summed E-state index contributed by atoms with van der Waals surface area (Å²) in [5.74, 6) is -0.366. The smallest absolute Gasteiger partial charge is 0.261 e. The van der Waals surface area contributed by atoms with Crippen molar-refractivity contribution in [2.75, 3.05) is 12.4 Å². The van der Waals surface area contributed by atoms with E-state index in [2.05, 4.69) is 10.6 Å². The summed E-state index contributed by atoms with van der Waals surface area (Å²) >= 11 is 6.71. The maximum atomic E-state index is 12.5. The molecule has 1 aromatic carbocycles. The van der Waals surface area contributed by atoms with Gasteiger partial charge in [0.15, 0.2) is 5.11 Å². The van der Waals surface area contributed by atoms with Crippen molar-refractivity contribution in [2.24, 2.45) is 5.73 Å². The van der Waals surface area contributed by atoms with Gasteiger partial charge in [0, 0.05) is 4.88 Å². The van der Waals surface area contributed by atoms with E-state index in [1.165, 1.54) is 18.4 Å². The summed E-state index contributed by atoms with van der Waals surface area (Å²) in [6.45, 7) is 1.86. The molecular formula is C18H19N3O3S2. The Morgan fingerprint density at radius 3 is 2.77 bits per heavy atom. The fourth-order valence-corrected chi connectivity index (χ4v) is 4.72. The minimum Gasteiger partial charge on any atom is -0.496 e. The Hall–Kier alpha value is -2.45. The van der Waals surface area contributed by atoms with Crippen LogP contribution in [0, 0.1) is 6.92 Å². The van der Waals surface area contributed by atoms with Crippen molar-refractivity contribution >= 4 is 45.5 Å². The number of aryl methyl sites for hydroxylation is 2. The molecular weight excluding hydrogens is 370 g/mol. The van der Waals surface area contributed by atoms with Gasteiger partial charge < -0.3 is 15.8 Å². The SMILES string of the molecule is COc1c(C)cccc1C(=O)NC(=S)Nc1sc2c(c1C(N)=O)CCC2. The zero-order valence-electron chi connectivity index (χ0n) is 14.5. The second kappa shape index (κ2) is 7.43. The molecule has 1 heterocycles. The predicted octanol–water partition coefficient (Wildman–Crippen LogP) is 2.78. The molecule has 1 aliphatic carbocycles. The molecule has 6 nitrogen and oxygen atoms in total. The molecule has 2 amide bonds. The van der Waals surface area contributed by atoms with E-state index in [0.29, 0.717) is 21.9 Å². The van der Waals surface area contributed by atoms with E-state index in [1.807, 2.05) is 13.0 Å². The van der Waals surface area contributed by atoms with E-state index in [-0.39, 0.29) is 11.0 Å². The van der Waals surface area contributed by atoms with Gasteiger partial charge >= 0.3 is 0 Å². The van der Waals surface area contributed by atoms with E-state index < -0.39 is 5.91 Å². The average Bonchev–Trinajstić information content (AvgIpc) is 3.14. The Morgan fingerprint density at radius 1 is 1.31 bits per heavy atom. The summed E-state index contributed by atoms with van der Waals surface area (Å²) in [6.07, 6.45) is 2.79. The lowest BCUT2D eigenvalue weighted by Gasteiger charge is -2.13. The Balaban J connectivity index is 1.77. The molecule has 0 unspecified atom stereocenters. The molecule has 0 spiro atoms. The molecule has 26 heavy (non-hydrogen) atoms. The first kappa shape index (κ1) is 18.3. The number of methoxy groups -OCH3 is 1. The molecule has 0 bridgehead atoms. The van der Waals surface area contributed by atoms with Gasteiger partial charge in [-0.3, -0.25) is 14.9 Å². The van der Waals surface area contributed by atoms with Crippen LogP contribution in [0.4, 0.5) is 5.00 Å². The maximum absolute atomic E-state index is 12.5. The van der Waals surface area contributed by atoms with Crippen LogP contribution in [0.5, 0.6) is 5.75 Å². The molecule has 136 valence electrons. The molecule has 0 saturated carbocycles. The Kier molecular flexibility index (Phi) is 5.24. The molecule has 0 saturated heterocycles. The van der Waals surface area contributed by atoms with Crippen molar-refractivity contribution < 1.29 is 14.3 Å². The first-order chi connectivity index (χ1) is 12.4. The number of primary amides is 1. The van der Waals surface area contributed by atoms with Crippen LogP contribution in [0.2, 0.25) is 0 Å². The van der Waals surface area contributed by atoms with Crippen molar-refractivity contribution in [3.63, 3.8) is 0 Å². The Bertz CT molecular complexity index is 905. The molecule has 0 atom stereocenters. The van der Waals surface area contributed by atoms with Gasteiger partial charge in [-0.15, -0.1) is 11.3 Å². The number of nitrogens with two attached hydrogens (primary N) is 1. The number of thiophene rings is 1. The lowest BCUT2D eigenvalue weighted by Crippen LogP contribution is -2.34. The summed E-state index contributed by atoms with van der Waals surface area (Å²) < 4.78 is 5.31. The molecule has 0 aliphatic heterocycles. The number of thiocarbonyl (C=S) groups is 1. The molecule has 2 aromatic rings. The number of rotatable bonds is 4. The minimum atomic E-state index is -0.485. The fraction of sp³-hybridized carbons (Fsp3) is 0.278. The number of carbonyl (C=O) groups is 2. The number of hydrogen-bond donors (Lipinski definition) is 3. The van der Waals surface area contributed by atoms with Crippen molar-refractivity contribution in [2.45, 2.75) is 26.2 Å². The normalized spacial score (nSPS) is 12.4. The number of fused-ring (bicyclic) bond motifs is 1. The van der Waals surface area contributed by atoms with Gasteiger partial charge in [-0.05, 0) is 55.6 Å². The lowest BCUT2D eigenvalue weighted by atomic mass is 10.1. The molecule has 4 N–H and O–H groups in total. The number of amides is 2. The third kappa shape index (κ3) is 3.42.